The smallest absolute Gasteiger partial charge is 0.408 e. The molecule has 1 aromatic carbocycles. The van der Waals surface area contributed by atoms with Crippen LogP contribution in [-0.2, 0) is 16.1 Å². The number of piperidine rings is 1. The molecular formula is C27H42FN3O3S. The number of nitrogens with one attached hydrogen (secondary N) is 2. The summed E-state index contributed by atoms with van der Waals surface area (Å²) in [5.41, 5.74) is 0.475. The molecule has 1 aromatic rings. The first kappa shape index (κ1) is 27.8. The zero-order valence-corrected chi connectivity index (χ0v) is 22.3. The van der Waals surface area contributed by atoms with Gasteiger partial charge in [0.1, 0.15) is 17.5 Å². The first-order valence-corrected chi connectivity index (χ1v) is 14.2. The number of thioether (sulfide) groups is 1. The number of benzene rings is 1. The number of ether oxygens (including phenoxy) is 1. The van der Waals surface area contributed by atoms with Gasteiger partial charge in [-0.2, -0.15) is 11.8 Å². The highest BCUT2D eigenvalue weighted by Gasteiger charge is 2.28. The highest BCUT2D eigenvalue weighted by Crippen LogP contribution is 2.27. The van der Waals surface area contributed by atoms with E-state index < -0.39 is 17.7 Å². The lowest BCUT2D eigenvalue weighted by atomic mass is 9.91. The van der Waals surface area contributed by atoms with E-state index in [2.05, 4.69) is 15.5 Å². The maximum Gasteiger partial charge on any atom is 0.408 e. The molecule has 196 valence electrons. The molecule has 6 nitrogen and oxygen atoms in total. The predicted molar refractivity (Wildman–Crippen MR) is 140 cm³/mol. The highest BCUT2D eigenvalue weighted by molar-refractivity contribution is 7.99. The lowest BCUT2D eigenvalue weighted by Crippen LogP contribution is -2.53. The summed E-state index contributed by atoms with van der Waals surface area (Å²) in [5, 5.41) is 5.98. The average Bonchev–Trinajstić information content (AvgIpc) is 2.80. The number of hydrogen-bond donors (Lipinski definition) is 2. The Kier molecular flexibility index (Phi) is 10.7. The molecule has 0 bridgehead atoms. The molecule has 0 spiro atoms. The van der Waals surface area contributed by atoms with Crippen molar-refractivity contribution in [3.05, 3.63) is 35.6 Å². The third kappa shape index (κ3) is 10.4. The number of hydrogen-bond acceptors (Lipinski definition) is 5. The predicted octanol–water partition coefficient (Wildman–Crippen LogP) is 5.11. The van der Waals surface area contributed by atoms with Gasteiger partial charge in [-0.1, -0.05) is 31.4 Å². The van der Waals surface area contributed by atoms with Gasteiger partial charge in [-0.15, -0.1) is 0 Å². The number of amides is 2. The van der Waals surface area contributed by atoms with Gasteiger partial charge < -0.3 is 15.4 Å². The van der Waals surface area contributed by atoms with Crippen LogP contribution in [0, 0.1) is 11.7 Å². The van der Waals surface area contributed by atoms with Crippen molar-refractivity contribution in [1.29, 1.82) is 0 Å². The van der Waals surface area contributed by atoms with Crippen molar-refractivity contribution < 1.29 is 18.7 Å². The van der Waals surface area contributed by atoms with Crippen LogP contribution < -0.4 is 10.6 Å². The van der Waals surface area contributed by atoms with Gasteiger partial charge in [0.05, 0.1) is 0 Å². The van der Waals surface area contributed by atoms with E-state index in [1.165, 1.54) is 44.2 Å². The van der Waals surface area contributed by atoms with Crippen molar-refractivity contribution >= 4 is 23.8 Å². The fraction of sp³-hybridized carbons (Fsp3) is 0.704. The van der Waals surface area contributed by atoms with Gasteiger partial charge in [-0.25, -0.2) is 9.18 Å². The third-order valence-corrected chi connectivity index (χ3v) is 7.90. The van der Waals surface area contributed by atoms with Crippen molar-refractivity contribution in [2.24, 2.45) is 5.92 Å². The zero-order valence-electron chi connectivity index (χ0n) is 21.5. The summed E-state index contributed by atoms with van der Waals surface area (Å²) in [7, 11) is 0. The van der Waals surface area contributed by atoms with Gasteiger partial charge in [-0.3, -0.25) is 9.69 Å². The van der Waals surface area contributed by atoms with E-state index in [1.54, 1.807) is 11.8 Å². The van der Waals surface area contributed by atoms with Crippen molar-refractivity contribution in [3.8, 4) is 0 Å². The Morgan fingerprint density at radius 2 is 1.74 bits per heavy atom. The van der Waals surface area contributed by atoms with Crippen LogP contribution in [0.25, 0.3) is 0 Å². The van der Waals surface area contributed by atoms with Crippen LogP contribution in [0.3, 0.4) is 0 Å². The van der Waals surface area contributed by atoms with Gasteiger partial charge in [0, 0.05) is 31.4 Å². The molecule has 3 rings (SSSR count). The Balaban J connectivity index is 1.47. The van der Waals surface area contributed by atoms with E-state index in [-0.39, 0.29) is 17.8 Å². The van der Waals surface area contributed by atoms with Crippen molar-refractivity contribution in [3.63, 3.8) is 0 Å². The summed E-state index contributed by atoms with van der Waals surface area (Å²) < 4.78 is 18.6. The average molecular weight is 508 g/mol. The molecule has 1 aliphatic carbocycles. The second-order valence-corrected chi connectivity index (χ2v) is 12.0. The minimum atomic E-state index is -0.615. The topological polar surface area (TPSA) is 70.7 Å². The van der Waals surface area contributed by atoms with Crippen molar-refractivity contribution in [2.45, 2.75) is 89.9 Å². The molecule has 2 amide bonds. The summed E-state index contributed by atoms with van der Waals surface area (Å²) in [5.74, 6) is 1.93. The first-order chi connectivity index (χ1) is 16.7. The molecule has 1 saturated heterocycles. The van der Waals surface area contributed by atoms with E-state index in [0.717, 1.165) is 43.8 Å². The molecule has 2 N–H and O–H groups in total. The quantitative estimate of drug-likeness (QED) is 0.486. The van der Waals surface area contributed by atoms with Crippen LogP contribution in [0.4, 0.5) is 9.18 Å². The molecule has 8 heteroatoms. The second kappa shape index (κ2) is 13.5. The standard InChI is InChI=1S/C27H42FN3O3S/c1-27(2,3)34-26(33)30-24(19-35-18-21-7-5-4-6-8-21)25(32)29-23-13-15-31(16-14-23)17-20-9-11-22(28)12-10-20/h9-12,21,23-24H,4-8,13-19H2,1-3H3,(H,29,32)(H,30,33)/t24-/m0/s1. The van der Waals surface area contributed by atoms with Crippen molar-refractivity contribution in [2.75, 3.05) is 24.6 Å². The van der Waals surface area contributed by atoms with Crippen LogP contribution in [0.5, 0.6) is 0 Å². The molecule has 1 heterocycles. The molecule has 1 aliphatic heterocycles. The summed E-state index contributed by atoms with van der Waals surface area (Å²) >= 11 is 1.75. The number of nitrogens with zero attached hydrogens (tertiary/aromatic N) is 1. The molecule has 2 aliphatic rings. The molecule has 35 heavy (non-hydrogen) atoms. The number of alkyl carbamates (subject to hydrolysis) is 1. The van der Waals surface area contributed by atoms with Gasteiger partial charge in [0.15, 0.2) is 0 Å². The Hall–Kier alpha value is -1.80. The fourth-order valence-electron chi connectivity index (χ4n) is 4.72. The summed E-state index contributed by atoms with van der Waals surface area (Å²) in [6.45, 7) is 7.96. The minimum absolute atomic E-state index is 0.0817. The zero-order chi connectivity index (χ0) is 25.3. The second-order valence-electron chi connectivity index (χ2n) is 10.9. The van der Waals surface area contributed by atoms with Gasteiger partial charge in [0.2, 0.25) is 5.91 Å². The van der Waals surface area contributed by atoms with Crippen LogP contribution in [0.15, 0.2) is 24.3 Å². The van der Waals surface area contributed by atoms with Gasteiger partial charge in [0.25, 0.3) is 0 Å². The number of halogens is 1. The molecule has 0 radical (unpaired) electrons. The number of carbonyl (C=O) groups excluding carboxylic acids is 2. The summed E-state index contributed by atoms with van der Waals surface area (Å²) in [6.07, 6.45) is 7.60. The SMILES string of the molecule is CC(C)(C)OC(=O)N[C@@H](CSCC1CCCCC1)C(=O)NC1CCN(Cc2ccc(F)cc2)CC1. The van der Waals surface area contributed by atoms with E-state index in [9.17, 15) is 14.0 Å². The maximum atomic E-state index is 13.2. The summed E-state index contributed by atoms with van der Waals surface area (Å²) in [6, 6.07) is 6.09. The fourth-order valence-corrected chi connectivity index (χ4v) is 6.00. The van der Waals surface area contributed by atoms with Gasteiger partial charge in [-0.05, 0) is 75.8 Å². The van der Waals surface area contributed by atoms with E-state index in [4.69, 9.17) is 4.74 Å². The van der Waals surface area contributed by atoms with Crippen LogP contribution in [0.1, 0.15) is 71.3 Å². The number of likely N-dealkylation sites (tertiary alicyclic amines) is 1. The minimum Gasteiger partial charge on any atom is -0.444 e. The lowest BCUT2D eigenvalue weighted by molar-refractivity contribution is -0.123. The van der Waals surface area contributed by atoms with E-state index in [1.807, 2.05) is 32.9 Å². The molecular weight excluding hydrogens is 465 g/mol. The molecule has 1 saturated carbocycles. The number of carbonyl (C=O) groups is 2. The Morgan fingerprint density at radius 1 is 1.09 bits per heavy atom. The maximum absolute atomic E-state index is 13.2. The number of rotatable bonds is 9. The molecule has 1 atom stereocenters. The Labute approximate surface area is 214 Å². The van der Waals surface area contributed by atoms with Crippen LogP contribution in [0.2, 0.25) is 0 Å². The van der Waals surface area contributed by atoms with Crippen LogP contribution >= 0.6 is 11.8 Å². The normalized spacial score (nSPS) is 19.2. The van der Waals surface area contributed by atoms with E-state index >= 15 is 0 Å². The molecule has 2 fully saturated rings. The third-order valence-electron chi connectivity index (χ3n) is 6.62. The summed E-state index contributed by atoms with van der Waals surface area (Å²) in [4.78, 5) is 27.9. The molecule has 0 aromatic heterocycles. The largest absolute Gasteiger partial charge is 0.444 e. The van der Waals surface area contributed by atoms with Gasteiger partial charge >= 0.3 is 6.09 Å². The van der Waals surface area contributed by atoms with Crippen molar-refractivity contribution in [1.82, 2.24) is 15.5 Å². The monoisotopic (exact) mass is 507 g/mol. The Bertz CT molecular complexity index is 801. The van der Waals surface area contributed by atoms with E-state index in [0.29, 0.717) is 11.7 Å². The first-order valence-electron chi connectivity index (χ1n) is 13.0. The Morgan fingerprint density at radius 3 is 2.37 bits per heavy atom. The molecule has 0 unspecified atom stereocenters. The lowest BCUT2D eigenvalue weighted by Gasteiger charge is -2.33. The van der Waals surface area contributed by atoms with Crippen LogP contribution in [-0.4, -0.2) is 59.2 Å². The highest BCUT2D eigenvalue weighted by atomic mass is 32.2.